The van der Waals surface area contributed by atoms with Crippen molar-refractivity contribution in [3.05, 3.63) is 101 Å². The Kier molecular flexibility index (Phi) is 12.9. The normalized spacial score (nSPS) is 19.4. The van der Waals surface area contributed by atoms with Gasteiger partial charge in [-0.15, -0.1) is 0 Å². The fourth-order valence-electron chi connectivity index (χ4n) is 5.36. The highest BCUT2D eigenvalue weighted by Gasteiger charge is 2.51. The molecule has 2 saturated heterocycles. The van der Waals surface area contributed by atoms with E-state index in [2.05, 4.69) is 33.5 Å². The lowest BCUT2D eigenvalue weighted by atomic mass is 9.72. The van der Waals surface area contributed by atoms with Crippen LogP contribution in [0, 0.1) is 5.41 Å². The summed E-state index contributed by atoms with van der Waals surface area (Å²) in [5.74, 6) is -1.30. The minimum atomic E-state index is -3.18. The number of halogens is 4. The van der Waals surface area contributed by atoms with Gasteiger partial charge < -0.3 is 4.90 Å². The molecule has 1 aromatic heterocycles. The lowest BCUT2D eigenvalue weighted by Gasteiger charge is -2.61. The summed E-state index contributed by atoms with van der Waals surface area (Å²) in [5.41, 5.74) is 1.94. The first-order chi connectivity index (χ1) is 19.4. The summed E-state index contributed by atoms with van der Waals surface area (Å²) >= 11 is 0. The maximum Gasteiger partial charge on any atom is 0.296 e. The molecule has 1 aromatic rings. The standard InChI is InChI=1S/C30H36F4N3OP.C2H6/c1-5-21(3)12-24(6-2)37-19-30(20-37)17-36(18-30)16-22-9-10-26(35-15-22)29(4,14-25(38)28(33)34)23(8-7-11-31)13-27(32)39;1-2/h5-13,15,28H,1,14,16-20,39H2,2-4H3;1-2H3/b11-7+,21-12-,23-8+,24-6+,27-13-;. The number of rotatable bonds is 12. The molecule has 1 spiro atoms. The average molecular weight is 592 g/mol. The number of pyridine rings is 1. The van der Waals surface area contributed by atoms with Crippen LogP contribution in [0.3, 0.4) is 0 Å². The van der Waals surface area contributed by atoms with Crippen molar-refractivity contribution in [1.29, 1.82) is 0 Å². The molecule has 2 aliphatic rings. The molecule has 2 atom stereocenters. The van der Waals surface area contributed by atoms with E-state index in [-0.39, 0.29) is 17.3 Å². The molecule has 0 aromatic carbocycles. The van der Waals surface area contributed by atoms with Gasteiger partial charge in [-0.3, -0.25) is 14.7 Å². The summed E-state index contributed by atoms with van der Waals surface area (Å²) in [4.78, 5) is 21.3. The summed E-state index contributed by atoms with van der Waals surface area (Å²) in [7, 11) is 1.86. The van der Waals surface area contributed by atoms with Crippen LogP contribution in [0.15, 0.2) is 90.1 Å². The van der Waals surface area contributed by atoms with E-state index in [9.17, 15) is 22.4 Å². The van der Waals surface area contributed by atoms with Gasteiger partial charge in [-0.05, 0) is 61.8 Å². The molecule has 0 aliphatic carbocycles. The molecule has 2 aliphatic heterocycles. The predicted octanol–water partition coefficient (Wildman–Crippen LogP) is 7.84. The van der Waals surface area contributed by atoms with E-state index >= 15 is 0 Å². The summed E-state index contributed by atoms with van der Waals surface area (Å²) < 4.78 is 53.0. The van der Waals surface area contributed by atoms with Crippen LogP contribution in [0.1, 0.15) is 52.3 Å². The Labute approximate surface area is 244 Å². The fourth-order valence-corrected chi connectivity index (χ4v) is 5.54. The number of ketones is 1. The molecule has 3 rings (SSSR count). The maximum absolute atomic E-state index is 13.8. The molecule has 0 saturated carbocycles. The molecule has 2 unspecified atom stereocenters. The van der Waals surface area contributed by atoms with Gasteiger partial charge in [0.05, 0.1) is 12.0 Å². The predicted molar refractivity (Wildman–Crippen MR) is 163 cm³/mol. The summed E-state index contributed by atoms with van der Waals surface area (Å²) in [6.45, 7) is 18.0. The number of likely N-dealkylation sites (tertiary alicyclic amines) is 2. The molecule has 3 heterocycles. The van der Waals surface area contributed by atoms with Crippen molar-refractivity contribution in [3.8, 4) is 0 Å². The summed E-state index contributed by atoms with van der Waals surface area (Å²) in [5, 5.41) is 0. The number of nitrogens with zero attached hydrogens (tertiary/aromatic N) is 3. The third-order valence-electron chi connectivity index (χ3n) is 7.38. The van der Waals surface area contributed by atoms with Gasteiger partial charge in [0, 0.05) is 61.9 Å². The molecular weight excluding hydrogens is 549 g/mol. The molecule has 0 radical (unpaired) electrons. The molecular formula is C32H42F4N3OP. The maximum atomic E-state index is 13.8. The van der Waals surface area contributed by atoms with Gasteiger partial charge in [0.15, 0.2) is 5.78 Å². The van der Waals surface area contributed by atoms with Gasteiger partial charge in [-0.2, -0.15) is 0 Å². The highest BCUT2D eigenvalue weighted by Crippen LogP contribution is 2.42. The zero-order valence-electron chi connectivity index (χ0n) is 24.6. The van der Waals surface area contributed by atoms with Crippen molar-refractivity contribution in [2.45, 2.75) is 59.4 Å². The quantitative estimate of drug-likeness (QED) is 0.141. The Morgan fingerprint density at radius 2 is 1.88 bits per heavy atom. The van der Waals surface area contributed by atoms with Crippen LogP contribution in [0.5, 0.6) is 0 Å². The lowest BCUT2D eigenvalue weighted by Crippen LogP contribution is -2.71. The van der Waals surface area contributed by atoms with Gasteiger partial charge in [0.25, 0.3) is 6.43 Å². The van der Waals surface area contributed by atoms with Crippen LogP contribution < -0.4 is 0 Å². The Hall–Kier alpha value is -2.83. The summed E-state index contributed by atoms with van der Waals surface area (Å²) in [6.07, 6.45) is 7.57. The zero-order chi connectivity index (χ0) is 30.8. The number of hydrogen-bond donors (Lipinski definition) is 0. The van der Waals surface area contributed by atoms with E-state index in [1.54, 1.807) is 12.3 Å². The largest absolute Gasteiger partial charge is 0.370 e. The number of allylic oxidation sites excluding steroid dienone is 8. The van der Waals surface area contributed by atoms with Crippen LogP contribution >= 0.6 is 9.24 Å². The topological polar surface area (TPSA) is 36.4 Å². The van der Waals surface area contributed by atoms with E-state index in [0.29, 0.717) is 12.2 Å². The third kappa shape index (κ3) is 8.83. The van der Waals surface area contributed by atoms with Crippen LogP contribution in [-0.2, 0) is 16.8 Å². The molecule has 41 heavy (non-hydrogen) atoms. The minimum absolute atomic E-state index is 0.149. The zero-order valence-corrected chi connectivity index (χ0v) is 25.8. The average Bonchev–Trinajstić information content (AvgIpc) is 2.91. The van der Waals surface area contributed by atoms with Crippen LogP contribution in [0.4, 0.5) is 17.6 Å². The Bertz CT molecular complexity index is 1200. The van der Waals surface area contributed by atoms with E-state index in [1.165, 1.54) is 18.7 Å². The van der Waals surface area contributed by atoms with Crippen LogP contribution in [0.25, 0.3) is 0 Å². The molecule has 0 amide bonds. The molecule has 4 nitrogen and oxygen atoms in total. The lowest BCUT2D eigenvalue weighted by molar-refractivity contribution is -0.130. The first kappa shape index (κ1) is 34.4. The number of carbonyl (C=O) groups is 1. The molecule has 0 N–H and O–H groups in total. The second kappa shape index (κ2) is 15.4. The SMILES string of the molecule is C=C/C(C)=C\C(=C/C)N1CC2(CN(Cc3ccc(C(C)(CC(=O)C(F)F)C(/C=C(/F)P)=C/C=C/F)nc3)C2)C1.CC. The van der Waals surface area contributed by atoms with Crippen LogP contribution in [-0.4, -0.2) is 53.2 Å². The Morgan fingerprint density at radius 3 is 2.37 bits per heavy atom. The first-order valence-corrected chi connectivity index (χ1v) is 14.3. The number of alkyl halides is 2. The van der Waals surface area contributed by atoms with E-state index < -0.39 is 29.6 Å². The van der Waals surface area contributed by atoms with Crippen LogP contribution in [0.2, 0.25) is 0 Å². The first-order valence-electron chi connectivity index (χ1n) is 13.8. The molecule has 224 valence electrons. The molecule has 0 bridgehead atoms. The van der Waals surface area contributed by atoms with E-state index in [0.717, 1.165) is 49.5 Å². The fraction of sp³-hybridized carbons (Fsp3) is 0.438. The second-order valence-corrected chi connectivity index (χ2v) is 11.2. The van der Waals surface area contributed by atoms with Crippen molar-refractivity contribution in [2.24, 2.45) is 5.41 Å². The van der Waals surface area contributed by atoms with E-state index in [4.69, 9.17) is 0 Å². The molecule has 2 fully saturated rings. The van der Waals surface area contributed by atoms with Gasteiger partial charge in [-0.1, -0.05) is 54.0 Å². The number of hydrogen-bond acceptors (Lipinski definition) is 4. The number of carbonyl (C=O) groups excluding carboxylic acids is 1. The van der Waals surface area contributed by atoms with Crippen molar-refractivity contribution in [2.75, 3.05) is 26.2 Å². The Balaban J connectivity index is 0.00000287. The van der Waals surface area contributed by atoms with Gasteiger partial charge in [0.1, 0.15) is 5.57 Å². The van der Waals surface area contributed by atoms with Crippen molar-refractivity contribution in [3.63, 3.8) is 0 Å². The second-order valence-electron chi connectivity index (χ2n) is 10.6. The number of Topliss-reactive ketones (excluding diaryl/α,β-unsaturated/α-hetero) is 1. The smallest absolute Gasteiger partial charge is 0.296 e. The Morgan fingerprint density at radius 1 is 1.22 bits per heavy atom. The molecule has 9 heteroatoms. The van der Waals surface area contributed by atoms with Crippen molar-refractivity contribution in [1.82, 2.24) is 14.8 Å². The number of aromatic nitrogens is 1. The van der Waals surface area contributed by atoms with Gasteiger partial charge >= 0.3 is 0 Å². The summed E-state index contributed by atoms with van der Waals surface area (Å²) in [6, 6.07) is 3.51. The van der Waals surface area contributed by atoms with Gasteiger partial charge in [0.2, 0.25) is 0 Å². The monoisotopic (exact) mass is 591 g/mol. The van der Waals surface area contributed by atoms with Crippen molar-refractivity contribution >= 4 is 15.0 Å². The minimum Gasteiger partial charge on any atom is -0.370 e. The third-order valence-corrected chi connectivity index (χ3v) is 7.54. The van der Waals surface area contributed by atoms with E-state index in [1.807, 2.05) is 49.1 Å². The van der Waals surface area contributed by atoms with Crippen molar-refractivity contribution < 1.29 is 22.4 Å². The van der Waals surface area contributed by atoms with Gasteiger partial charge in [-0.25, -0.2) is 17.6 Å². The highest BCUT2D eigenvalue weighted by molar-refractivity contribution is 7.22. The highest BCUT2D eigenvalue weighted by atomic mass is 31.0.